The second kappa shape index (κ2) is 11.4. The third kappa shape index (κ3) is 7.37. The van der Waals surface area contributed by atoms with Gasteiger partial charge in [-0.25, -0.2) is 0 Å². The molecule has 0 aliphatic rings. The van der Waals surface area contributed by atoms with E-state index >= 15 is 0 Å². The Morgan fingerprint density at radius 2 is 0.683 bits per heavy atom. The van der Waals surface area contributed by atoms with E-state index < -0.39 is 72.5 Å². The van der Waals surface area contributed by atoms with Gasteiger partial charge in [-0.2, -0.15) is 101 Å². The summed E-state index contributed by atoms with van der Waals surface area (Å²) in [6.07, 6.45) is -58.0. The predicted octanol–water partition coefficient (Wildman–Crippen LogP) is 2.45. The zero-order valence-corrected chi connectivity index (χ0v) is 20.9. The van der Waals surface area contributed by atoms with Crippen molar-refractivity contribution in [1.29, 1.82) is 0 Å². The number of halogens is 23. The third-order valence-corrected chi connectivity index (χ3v) is 3.63. The van der Waals surface area contributed by atoms with E-state index in [1.165, 1.54) is 4.74 Å². The molecule has 0 amide bonds. The summed E-state index contributed by atoms with van der Waals surface area (Å²) in [6.45, 7) is 0. The summed E-state index contributed by atoms with van der Waals surface area (Å²) in [6, 6.07) is 0. The van der Waals surface area contributed by atoms with Crippen molar-refractivity contribution in [3.8, 4) is 0 Å². The zero-order chi connectivity index (χ0) is 33.2. The molecule has 0 aliphatic carbocycles. The normalized spacial score (nSPS) is 19.5. The van der Waals surface area contributed by atoms with Gasteiger partial charge in [0.15, 0.2) is 0 Å². The summed E-state index contributed by atoms with van der Waals surface area (Å²) in [5, 5.41) is 10.1. The van der Waals surface area contributed by atoms with Gasteiger partial charge >= 0.3 is 118 Å². The van der Waals surface area contributed by atoms with Crippen LogP contribution in [0.15, 0.2) is 0 Å². The van der Waals surface area contributed by atoms with Crippen molar-refractivity contribution in [1.82, 2.24) is 0 Å². The van der Waals surface area contributed by atoms with Crippen LogP contribution in [0.2, 0.25) is 0 Å². The van der Waals surface area contributed by atoms with Gasteiger partial charge in [0.05, 0.1) is 0 Å². The molecule has 0 heterocycles. The van der Waals surface area contributed by atoms with Crippen LogP contribution in [0.25, 0.3) is 0 Å². The monoisotopic (exact) mass is 700 g/mol. The maximum atomic E-state index is 14.0. The number of carbonyl (C=O) groups is 1. The maximum Gasteiger partial charge on any atom is 1.00 e. The van der Waals surface area contributed by atoms with Gasteiger partial charge in [-0.1, -0.05) is 0 Å². The van der Waals surface area contributed by atoms with E-state index in [-0.39, 0.29) is 51.4 Å². The van der Waals surface area contributed by atoms with Gasteiger partial charge in [-0.3, -0.25) is 14.2 Å². The van der Waals surface area contributed by atoms with E-state index in [4.69, 9.17) is 0 Å². The van der Waals surface area contributed by atoms with Crippen LogP contribution in [0, 0.1) is 0 Å². The molecule has 5 nitrogen and oxygen atoms in total. The fourth-order valence-electron chi connectivity index (χ4n) is 1.67. The SMILES string of the molecule is O=C([O-])C(F)(OC(F)(F)C(F)(OC(F)(F)C(F)(OC(F)(F)C(F)(F)C(F)(F)F)C(F)(F)F)C(F)(F)F)C(F)(F)F.[K+]. The first-order valence-corrected chi connectivity index (χ1v) is 7.98. The van der Waals surface area contributed by atoms with Crippen LogP contribution in [0.1, 0.15) is 0 Å². The van der Waals surface area contributed by atoms with Gasteiger partial charge in [-0.15, -0.1) is 0 Å². The standard InChI is InChI=1S/C12HF23O5.K/c13-2(1(36)37,6(18,19)20)38-11(32,33)4(16,8(24,25)26)40-12(34,35)5(17,9(27,28)29)39-10(30,31)3(14,15)7(21,22)23;/h(H,36,37);/q;+1/p-1. The molecule has 0 rings (SSSR count). The molecule has 3 atom stereocenters. The molecular weight excluding hydrogens is 700 g/mol. The van der Waals surface area contributed by atoms with Gasteiger partial charge in [0.1, 0.15) is 5.97 Å². The molecule has 3 unspecified atom stereocenters. The van der Waals surface area contributed by atoms with E-state index in [0.717, 1.165) is 9.47 Å². The van der Waals surface area contributed by atoms with Crippen LogP contribution in [-0.4, -0.2) is 72.5 Å². The summed E-state index contributed by atoms with van der Waals surface area (Å²) in [7, 11) is 0. The van der Waals surface area contributed by atoms with Gasteiger partial charge in [-0.05, 0) is 0 Å². The average Bonchev–Trinajstić information content (AvgIpc) is 2.62. The Bertz CT molecular complexity index is 937. The fraction of sp³-hybridized carbons (Fsp3) is 0.917. The number of ether oxygens (including phenoxy) is 3. The van der Waals surface area contributed by atoms with Crippen LogP contribution in [0.5, 0.6) is 0 Å². The number of carbonyl (C=O) groups excluding carboxylic acids is 1. The fourth-order valence-corrected chi connectivity index (χ4v) is 1.67. The maximum absolute atomic E-state index is 14.0. The molecule has 0 aromatic carbocycles. The third-order valence-electron chi connectivity index (χ3n) is 3.63. The smallest absolute Gasteiger partial charge is 0.544 e. The molecular formula is C12F23KO5. The molecule has 0 fully saturated rings. The van der Waals surface area contributed by atoms with E-state index in [0.29, 0.717) is 0 Å². The molecule has 0 spiro atoms. The number of carboxylic acids is 1. The van der Waals surface area contributed by atoms with Crippen molar-refractivity contribution in [3.05, 3.63) is 0 Å². The van der Waals surface area contributed by atoms with Crippen LogP contribution in [0.4, 0.5) is 101 Å². The van der Waals surface area contributed by atoms with Crippen molar-refractivity contribution >= 4 is 5.97 Å². The van der Waals surface area contributed by atoms with Crippen LogP contribution < -0.4 is 56.5 Å². The number of rotatable bonds is 10. The molecule has 0 N–H and O–H groups in total. The summed E-state index contributed by atoms with van der Waals surface area (Å²) >= 11 is 0. The van der Waals surface area contributed by atoms with Gasteiger partial charge < -0.3 is 9.90 Å². The molecule has 0 aliphatic heterocycles. The molecule has 240 valence electrons. The van der Waals surface area contributed by atoms with E-state index in [9.17, 15) is 111 Å². The first-order valence-electron chi connectivity index (χ1n) is 7.98. The minimum atomic E-state index is -8.79. The van der Waals surface area contributed by atoms with Crippen LogP contribution in [-0.2, 0) is 19.0 Å². The Hall–Kier alpha value is -0.624. The Labute approximate surface area is 248 Å². The van der Waals surface area contributed by atoms with Crippen molar-refractivity contribution in [2.75, 3.05) is 0 Å². The number of hydrogen-bond acceptors (Lipinski definition) is 5. The Balaban J connectivity index is 0. The van der Waals surface area contributed by atoms with Crippen LogP contribution in [0.3, 0.4) is 0 Å². The number of carboxylic acid groups (broad SMARTS) is 1. The molecule has 29 heteroatoms. The second-order valence-corrected chi connectivity index (χ2v) is 6.50. The minimum absolute atomic E-state index is 0. The van der Waals surface area contributed by atoms with Crippen molar-refractivity contribution in [2.24, 2.45) is 0 Å². The topological polar surface area (TPSA) is 67.8 Å². The summed E-state index contributed by atoms with van der Waals surface area (Å²) < 4.78 is 300. The van der Waals surface area contributed by atoms with Gasteiger partial charge in [0.2, 0.25) is 0 Å². The largest absolute Gasteiger partial charge is 1.00 e. The first-order chi connectivity index (χ1) is 16.8. The predicted molar refractivity (Wildman–Crippen MR) is 63.8 cm³/mol. The summed E-state index contributed by atoms with van der Waals surface area (Å²) in [4.78, 5) is 10.1. The Kier molecular flexibility index (Phi) is 11.8. The second-order valence-electron chi connectivity index (χ2n) is 6.50. The molecule has 0 radical (unpaired) electrons. The minimum Gasteiger partial charge on any atom is -0.544 e. The van der Waals surface area contributed by atoms with E-state index in [2.05, 4.69) is 0 Å². The molecule has 0 aromatic heterocycles. The molecule has 41 heavy (non-hydrogen) atoms. The quantitative estimate of drug-likeness (QED) is 0.259. The number of aliphatic carboxylic acids is 1. The van der Waals surface area contributed by atoms with Gasteiger partial charge in [0, 0.05) is 0 Å². The molecule has 0 saturated carbocycles. The Morgan fingerprint density at radius 3 is 0.902 bits per heavy atom. The zero-order valence-electron chi connectivity index (χ0n) is 17.7. The van der Waals surface area contributed by atoms with Crippen molar-refractivity contribution in [3.63, 3.8) is 0 Å². The summed E-state index contributed by atoms with van der Waals surface area (Å²) in [5.41, 5.74) is 0. The number of hydrogen-bond donors (Lipinski definition) is 0. The summed E-state index contributed by atoms with van der Waals surface area (Å²) in [5.74, 6) is -37.8. The van der Waals surface area contributed by atoms with Crippen molar-refractivity contribution < 1.29 is 176 Å². The first kappa shape index (κ1) is 42.5. The number of alkyl halides is 23. The van der Waals surface area contributed by atoms with Crippen LogP contribution >= 0.6 is 0 Å². The molecule has 0 bridgehead atoms. The van der Waals surface area contributed by atoms with Gasteiger partial charge in [0.25, 0.3) is 0 Å². The Morgan fingerprint density at radius 1 is 0.415 bits per heavy atom. The van der Waals surface area contributed by atoms with E-state index in [1.54, 1.807) is 0 Å². The van der Waals surface area contributed by atoms with Crippen molar-refractivity contribution in [2.45, 2.75) is 66.5 Å². The molecule has 0 aromatic rings. The molecule has 0 saturated heterocycles. The average molecular weight is 700 g/mol. The van der Waals surface area contributed by atoms with E-state index in [1.807, 2.05) is 0 Å².